The fourth-order valence-electron chi connectivity index (χ4n) is 8.54. The summed E-state index contributed by atoms with van der Waals surface area (Å²) in [5.74, 6) is -0.211. The van der Waals surface area contributed by atoms with Crippen molar-refractivity contribution in [1.29, 1.82) is 0 Å². The third-order valence-corrected chi connectivity index (χ3v) is 14.4. The number of amides is 1. The molecule has 0 bridgehead atoms. The molecular weight excluding hydrogens is 972 g/mol. The van der Waals surface area contributed by atoms with E-state index in [1.54, 1.807) is 6.08 Å². The highest BCUT2D eigenvalue weighted by Gasteiger charge is 2.23. The molecule has 8 nitrogen and oxygen atoms in total. The number of phosphoric acid groups is 1. The van der Waals surface area contributed by atoms with Crippen molar-refractivity contribution in [3.8, 4) is 0 Å². The predicted molar refractivity (Wildman–Crippen MR) is 334 cm³/mol. The molecule has 3 atom stereocenters. The maximum Gasteiger partial charge on any atom is 0.268 e. The van der Waals surface area contributed by atoms with E-state index < -0.39 is 26.6 Å². The molecule has 0 aromatic rings. The van der Waals surface area contributed by atoms with Gasteiger partial charge >= 0.3 is 0 Å². The van der Waals surface area contributed by atoms with Crippen molar-refractivity contribution in [3.05, 3.63) is 122 Å². The van der Waals surface area contributed by atoms with E-state index in [1.807, 2.05) is 27.2 Å². The highest BCUT2D eigenvalue weighted by molar-refractivity contribution is 7.45. The van der Waals surface area contributed by atoms with Crippen molar-refractivity contribution in [3.63, 3.8) is 0 Å². The van der Waals surface area contributed by atoms with Crippen LogP contribution in [-0.4, -0.2) is 68.5 Å². The van der Waals surface area contributed by atoms with Crippen LogP contribution in [0.25, 0.3) is 0 Å². The van der Waals surface area contributed by atoms with E-state index in [4.69, 9.17) is 9.05 Å². The molecule has 0 aliphatic rings. The Morgan fingerprint density at radius 2 is 0.805 bits per heavy atom. The first-order valence-corrected chi connectivity index (χ1v) is 32.9. The predicted octanol–water partition coefficient (Wildman–Crippen LogP) is 19.1. The maximum absolute atomic E-state index is 13.0. The number of allylic oxidation sites excluding steroid dienone is 19. The summed E-state index contributed by atoms with van der Waals surface area (Å²) in [6, 6.07) is -0.910. The Balaban J connectivity index is 4.08. The van der Waals surface area contributed by atoms with Gasteiger partial charge < -0.3 is 28.8 Å². The summed E-state index contributed by atoms with van der Waals surface area (Å²) in [7, 11) is 1.23. The first-order valence-electron chi connectivity index (χ1n) is 31.4. The zero-order chi connectivity index (χ0) is 56.3. The van der Waals surface area contributed by atoms with E-state index in [2.05, 4.69) is 129 Å². The molecule has 0 heterocycles. The molecule has 0 saturated carbocycles. The summed E-state index contributed by atoms with van der Waals surface area (Å²) < 4.78 is 23.3. The standard InChI is InChI=1S/C68H119N2O6P/c1-6-8-10-12-14-16-18-20-22-24-25-26-27-28-29-30-31-32-33-34-35-36-37-38-39-40-41-42-43-44-45-46-48-50-52-54-56-58-60-62-68(72)69-66(65-76-77(73,74)75-64-63-70(3,4)5)67(71)61-59-57-55-53-51-49-47-23-21-19-17-15-13-11-9-7-2/h8,10,14,16,20,22,25-26,28-29,31-32,34-35,37-38,51,53,59,61,66-67,71H,6-7,9,11-13,15,17-19,21,23-24,27,30,33,36,39-50,52,54-58,60,62-65H2,1-5H3,(H-,69,72,73,74)/b10-8-,16-14-,22-20-,26-25-,29-28-,32-31-,35-34-,38-37-,53-51+,61-59+. The van der Waals surface area contributed by atoms with Gasteiger partial charge in [0, 0.05) is 6.42 Å². The number of carbonyl (C=O) groups excluding carboxylic acids is 1. The Morgan fingerprint density at radius 3 is 1.21 bits per heavy atom. The number of aliphatic hydroxyl groups excluding tert-OH is 1. The van der Waals surface area contributed by atoms with Crippen LogP contribution in [0.2, 0.25) is 0 Å². The highest BCUT2D eigenvalue weighted by Crippen LogP contribution is 2.38. The monoisotopic (exact) mass is 1090 g/mol. The fourth-order valence-corrected chi connectivity index (χ4v) is 9.26. The van der Waals surface area contributed by atoms with Crippen LogP contribution in [0, 0.1) is 0 Å². The van der Waals surface area contributed by atoms with Crippen LogP contribution in [-0.2, 0) is 18.4 Å². The van der Waals surface area contributed by atoms with Gasteiger partial charge in [-0.05, 0) is 96.3 Å². The van der Waals surface area contributed by atoms with Crippen molar-refractivity contribution in [1.82, 2.24) is 5.32 Å². The van der Waals surface area contributed by atoms with E-state index >= 15 is 0 Å². The molecule has 3 unspecified atom stereocenters. The van der Waals surface area contributed by atoms with Gasteiger partial charge in [-0.25, -0.2) is 0 Å². The SMILES string of the molecule is CC/C=C\C/C=C\C/C=C\C/C=C\C/C=C\C/C=C\C/C=C\C/C=C\CCCCCCCCCCCCCCCCC(=O)NC(COP(=O)([O-])OCC[N+](C)(C)C)C(O)/C=C/CC/C=C/CCCCCCCCCCCC. The lowest BCUT2D eigenvalue weighted by Crippen LogP contribution is -2.45. The van der Waals surface area contributed by atoms with Gasteiger partial charge in [-0.15, -0.1) is 0 Å². The van der Waals surface area contributed by atoms with Crippen molar-refractivity contribution >= 4 is 13.7 Å². The zero-order valence-corrected chi connectivity index (χ0v) is 51.3. The third kappa shape index (κ3) is 60.4. The maximum atomic E-state index is 13.0. The average Bonchev–Trinajstić information content (AvgIpc) is 3.39. The number of nitrogens with zero attached hydrogens (tertiary/aromatic N) is 1. The minimum absolute atomic E-state index is 0.0106. The summed E-state index contributed by atoms with van der Waals surface area (Å²) >= 11 is 0. The van der Waals surface area contributed by atoms with Crippen LogP contribution in [0.15, 0.2) is 122 Å². The van der Waals surface area contributed by atoms with Crippen molar-refractivity contribution < 1.29 is 32.9 Å². The smallest absolute Gasteiger partial charge is 0.268 e. The van der Waals surface area contributed by atoms with E-state index in [0.717, 1.165) is 89.9 Å². The summed E-state index contributed by atoms with van der Waals surface area (Å²) in [6.45, 7) is 4.51. The Kier molecular flexibility index (Phi) is 55.3. The van der Waals surface area contributed by atoms with Crippen LogP contribution >= 0.6 is 7.82 Å². The van der Waals surface area contributed by atoms with Crippen molar-refractivity contribution in [2.24, 2.45) is 0 Å². The number of likely N-dealkylation sites (N-methyl/N-ethyl adjacent to an activating group) is 1. The second kappa shape index (κ2) is 57.6. The Bertz CT molecular complexity index is 1670. The van der Waals surface area contributed by atoms with Crippen LogP contribution in [0.5, 0.6) is 0 Å². The number of hydrogen-bond acceptors (Lipinski definition) is 6. The number of hydrogen-bond donors (Lipinski definition) is 2. The third-order valence-electron chi connectivity index (χ3n) is 13.4. The zero-order valence-electron chi connectivity index (χ0n) is 50.4. The first kappa shape index (κ1) is 73.9. The lowest BCUT2D eigenvalue weighted by molar-refractivity contribution is -0.870. The molecule has 1 amide bonds. The second-order valence-electron chi connectivity index (χ2n) is 22.0. The first-order chi connectivity index (χ1) is 37.5. The Hall–Kier alpha value is -3.10. The largest absolute Gasteiger partial charge is 0.756 e. The van der Waals surface area contributed by atoms with E-state index in [-0.39, 0.29) is 12.5 Å². The number of rotatable bonds is 56. The molecule has 442 valence electrons. The lowest BCUT2D eigenvalue weighted by Gasteiger charge is -2.29. The molecule has 0 aromatic heterocycles. The normalized spacial score (nSPS) is 14.6. The molecule has 0 aromatic carbocycles. The van der Waals surface area contributed by atoms with Crippen molar-refractivity contribution in [2.75, 3.05) is 40.9 Å². The molecule has 9 heteroatoms. The highest BCUT2D eigenvalue weighted by atomic mass is 31.2. The number of phosphoric ester groups is 1. The van der Waals surface area contributed by atoms with Gasteiger partial charge in [0.05, 0.1) is 39.9 Å². The van der Waals surface area contributed by atoms with Gasteiger partial charge in [-0.2, -0.15) is 0 Å². The molecule has 0 aliphatic carbocycles. The minimum Gasteiger partial charge on any atom is -0.756 e. The van der Waals surface area contributed by atoms with Gasteiger partial charge in [0.2, 0.25) is 5.91 Å². The number of nitrogens with one attached hydrogen (secondary N) is 1. The summed E-state index contributed by atoms with van der Waals surface area (Å²) in [4.78, 5) is 25.5. The van der Waals surface area contributed by atoms with E-state index in [9.17, 15) is 19.4 Å². The molecule has 0 radical (unpaired) electrons. The molecule has 0 spiro atoms. The average molecular weight is 1090 g/mol. The number of quaternary nitrogens is 1. The van der Waals surface area contributed by atoms with Gasteiger partial charge in [0.25, 0.3) is 7.82 Å². The topological polar surface area (TPSA) is 108 Å². The minimum atomic E-state index is -4.61. The Morgan fingerprint density at radius 1 is 0.468 bits per heavy atom. The fraction of sp³-hybridized carbons (Fsp3) is 0.691. The van der Waals surface area contributed by atoms with Gasteiger partial charge in [-0.3, -0.25) is 9.36 Å². The number of carbonyl (C=O) groups is 1. The second-order valence-corrected chi connectivity index (χ2v) is 23.4. The summed E-state index contributed by atoms with van der Waals surface area (Å²) in [5.41, 5.74) is 0. The number of unbranched alkanes of at least 4 members (excludes halogenated alkanes) is 25. The van der Waals surface area contributed by atoms with E-state index in [0.29, 0.717) is 17.4 Å². The van der Waals surface area contributed by atoms with Crippen LogP contribution in [0.4, 0.5) is 0 Å². The molecule has 2 N–H and O–H groups in total. The van der Waals surface area contributed by atoms with E-state index in [1.165, 1.54) is 141 Å². The Labute approximate surface area is 475 Å². The molecule has 0 aliphatic heterocycles. The quantitative estimate of drug-likeness (QED) is 0.0272. The summed E-state index contributed by atoms with van der Waals surface area (Å²) in [6.07, 6.45) is 85.8. The lowest BCUT2D eigenvalue weighted by atomic mass is 10.0. The number of aliphatic hydroxyl groups is 1. The molecule has 0 rings (SSSR count). The van der Waals surface area contributed by atoms with Crippen LogP contribution < -0.4 is 10.2 Å². The van der Waals surface area contributed by atoms with Crippen LogP contribution in [0.3, 0.4) is 0 Å². The van der Waals surface area contributed by atoms with Gasteiger partial charge in [-0.1, -0.05) is 270 Å². The summed E-state index contributed by atoms with van der Waals surface area (Å²) in [5, 5.41) is 13.9. The molecule has 0 saturated heterocycles. The van der Waals surface area contributed by atoms with Crippen molar-refractivity contribution in [2.45, 2.75) is 264 Å². The molecule has 77 heavy (non-hydrogen) atoms. The van der Waals surface area contributed by atoms with Crippen LogP contribution in [0.1, 0.15) is 251 Å². The molecular formula is C68H119N2O6P. The molecule has 0 fully saturated rings. The van der Waals surface area contributed by atoms with Gasteiger partial charge in [0.15, 0.2) is 0 Å². The van der Waals surface area contributed by atoms with Gasteiger partial charge in [0.1, 0.15) is 13.2 Å².